The van der Waals surface area contributed by atoms with Crippen LogP contribution in [-0.2, 0) is 10.0 Å². The zero-order valence-electron chi connectivity index (χ0n) is 15.0. The Morgan fingerprint density at radius 2 is 1.79 bits per heavy atom. The minimum atomic E-state index is -3.53. The molecule has 1 aliphatic heterocycles. The molecule has 0 radical (unpaired) electrons. The van der Waals surface area contributed by atoms with Gasteiger partial charge in [0.2, 0.25) is 10.0 Å². The first kappa shape index (κ1) is 20.3. The second-order valence-corrected chi connectivity index (χ2v) is 8.77. The highest BCUT2D eigenvalue weighted by Gasteiger charge is 2.25. The quantitative estimate of drug-likeness (QED) is 0.572. The van der Waals surface area contributed by atoms with E-state index in [1.807, 2.05) is 0 Å². The van der Waals surface area contributed by atoms with Crippen LogP contribution in [0.25, 0.3) is 0 Å². The maximum Gasteiger partial charge on any atom is 0.271 e. The maximum atomic E-state index is 12.6. The molecule has 3 rings (SSSR count). The predicted octanol–water partition coefficient (Wildman–Crippen LogP) is 2.98. The molecule has 0 aliphatic carbocycles. The summed E-state index contributed by atoms with van der Waals surface area (Å²) in [6.45, 7) is 1.05. The Balaban J connectivity index is 1.66. The lowest BCUT2D eigenvalue weighted by Crippen LogP contribution is -2.35. The zero-order chi connectivity index (χ0) is 20.1. The second kappa shape index (κ2) is 8.72. The van der Waals surface area contributed by atoms with Crippen LogP contribution >= 0.6 is 11.6 Å². The van der Waals surface area contributed by atoms with Gasteiger partial charge < -0.3 is 5.11 Å². The Labute approximate surface area is 168 Å². The van der Waals surface area contributed by atoms with Gasteiger partial charge in [-0.2, -0.15) is 9.41 Å². The number of amides is 1. The molecular formula is C19H20ClN3O4S. The molecule has 1 amide bonds. The number of halogens is 1. The smallest absolute Gasteiger partial charge is 0.271 e. The van der Waals surface area contributed by atoms with E-state index in [9.17, 15) is 18.3 Å². The first-order valence-electron chi connectivity index (χ1n) is 8.80. The third-order valence-electron chi connectivity index (χ3n) is 4.43. The minimum Gasteiger partial charge on any atom is -0.507 e. The maximum absolute atomic E-state index is 12.6. The van der Waals surface area contributed by atoms with E-state index >= 15 is 0 Å². The largest absolute Gasteiger partial charge is 0.507 e. The van der Waals surface area contributed by atoms with Crippen LogP contribution in [0.5, 0.6) is 5.75 Å². The Hall–Kier alpha value is -2.42. The number of benzene rings is 2. The molecule has 0 saturated carbocycles. The summed E-state index contributed by atoms with van der Waals surface area (Å²) in [5.41, 5.74) is 2.96. The van der Waals surface area contributed by atoms with E-state index in [4.69, 9.17) is 11.6 Å². The molecule has 0 bridgehead atoms. The molecular weight excluding hydrogens is 402 g/mol. The number of piperidine rings is 1. The normalized spacial score (nSPS) is 15.6. The van der Waals surface area contributed by atoms with E-state index < -0.39 is 15.9 Å². The van der Waals surface area contributed by atoms with Gasteiger partial charge in [0.25, 0.3) is 5.91 Å². The van der Waals surface area contributed by atoms with E-state index in [0.717, 1.165) is 19.3 Å². The number of aromatic hydroxyl groups is 1. The van der Waals surface area contributed by atoms with Crippen LogP contribution in [0.15, 0.2) is 52.5 Å². The number of sulfonamides is 1. The third kappa shape index (κ3) is 4.70. The Morgan fingerprint density at radius 3 is 2.46 bits per heavy atom. The summed E-state index contributed by atoms with van der Waals surface area (Å²) in [7, 11) is -3.53. The fraction of sp³-hybridized carbons (Fsp3) is 0.263. The number of phenolic OH excluding ortho intramolecular Hbond substituents is 1. The average Bonchev–Trinajstić information content (AvgIpc) is 2.71. The van der Waals surface area contributed by atoms with Gasteiger partial charge in [0.1, 0.15) is 5.75 Å². The van der Waals surface area contributed by atoms with E-state index in [0.29, 0.717) is 23.7 Å². The van der Waals surface area contributed by atoms with Crippen molar-refractivity contribution in [2.24, 2.45) is 5.10 Å². The molecule has 1 aliphatic rings. The first-order valence-corrected chi connectivity index (χ1v) is 10.6. The van der Waals surface area contributed by atoms with Gasteiger partial charge in [0.15, 0.2) is 0 Å². The van der Waals surface area contributed by atoms with Crippen molar-refractivity contribution in [2.75, 3.05) is 13.1 Å². The highest BCUT2D eigenvalue weighted by Crippen LogP contribution is 2.21. The van der Waals surface area contributed by atoms with Crippen molar-refractivity contribution in [1.29, 1.82) is 0 Å². The van der Waals surface area contributed by atoms with Gasteiger partial charge in [-0.25, -0.2) is 13.8 Å². The van der Waals surface area contributed by atoms with Crippen LogP contribution in [0.4, 0.5) is 0 Å². The topological polar surface area (TPSA) is 99.1 Å². The summed E-state index contributed by atoms with van der Waals surface area (Å²) in [4.78, 5) is 12.3. The number of hydrogen-bond donors (Lipinski definition) is 2. The number of nitrogens with one attached hydrogen (secondary N) is 1. The van der Waals surface area contributed by atoms with Crippen molar-refractivity contribution < 1.29 is 18.3 Å². The lowest BCUT2D eigenvalue weighted by atomic mass is 10.2. The fourth-order valence-corrected chi connectivity index (χ4v) is 4.58. The minimum absolute atomic E-state index is 0.0188. The van der Waals surface area contributed by atoms with E-state index in [1.54, 1.807) is 0 Å². The molecule has 148 valence electrons. The van der Waals surface area contributed by atoms with Crippen LogP contribution in [0, 0.1) is 0 Å². The van der Waals surface area contributed by atoms with Crippen molar-refractivity contribution in [3.05, 3.63) is 58.6 Å². The zero-order valence-corrected chi connectivity index (χ0v) is 16.6. The average molecular weight is 422 g/mol. The lowest BCUT2D eigenvalue weighted by Gasteiger charge is -2.25. The molecule has 0 atom stereocenters. The Kier molecular flexibility index (Phi) is 6.33. The fourth-order valence-electron chi connectivity index (χ4n) is 2.89. The van der Waals surface area contributed by atoms with Gasteiger partial charge in [0, 0.05) is 29.2 Å². The van der Waals surface area contributed by atoms with Crippen molar-refractivity contribution >= 4 is 33.7 Å². The number of nitrogens with zero attached hydrogens (tertiary/aromatic N) is 2. The molecule has 2 aromatic rings. The number of rotatable bonds is 5. The van der Waals surface area contributed by atoms with Crippen LogP contribution in [0.2, 0.25) is 5.02 Å². The lowest BCUT2D eigenvalue weighted by molar-refractivity contribution is 0.0955. The van der Waals surface area contributed by atoms with Crippen molar-refractivity contribution in [3.63, 3.8) is 0 Å². The summed E-state index contributed by atoms with van der Waals surface area (Å²) in [5.74, 6) is -0.519. The van der Waals surface area contributed by atoms with Gasteiger partial charge in [-0.3, -0.25) is 4.79 Å². The molecule has 1 fully saturated rings. The number of carbonyl (C=O) groups is 1. The molecule has 28 heavy (non-hydrogen) atoms. The molecule has 1 saturated heterocycles. The molecule has 0 spiro atoms. The summed E-state index contributed by atoms with van der Waals surface area (Å²) < 4.78 is 26.7. The summed E-state index contributed by atoms with van der Waals surface area (Å²) in [6.07, 6.45) is 4.03. The number of phenols is 1. The van der Waals surface area contributed by atoms with Crippen molar-refractivity contribution in [3.8, 4) is 5.75 Å². The molecule has 2 aromatic carbocycles. The SMILES string of the molecule is O=C(N/N=C\c1cc(Cl)ccc1O)c1ccc(S(=O)(=O)N2CCCCC2)cc1. The highest BCUT2D eigenvalue weighted by molar-refractivity contribution is 7.89. The molecule has 2 N–H and O–H groups in total. The van der Waals surface area contributed by atoms with Gasteiger partial charge >= 0.3 is 0 Å². The first-order chi connectivity index (χ1) is 13.4. The van der Waals surface area contributed by atoms with Crippen LogP contribution in [-0.4, -0.2) is 43.0 Å². The number of hydrazone groups is 1. The van der Waals surface area contributed by atoms with Crippen LogP contribution in [0.3, 0.4) is 0 Å². The van der Waals surface area contributed by atoms with Crippen LogP contribution < -0.4 is 5.43 Å². The Morgan fingerprint density at radius 1 is 1.11 bits per heavy atom. The highest BCUT2D eigenvalue weighted by atomic mass is 35.5. The summed E-state index contributed by atoms with van der Waals surface area (Å²) in [5, 5.41) is 13.9. The monoisotopic (exact) mass is 421 g/mol. The van der Waals surface area contributed by atoms with Gasteiger partial charge in [-0.05, 0) is 55.3 Å². The molecule has 7 nitrogen and oxygen atoms in total. The summed E-state index contributed by atoms with van der Waals surface area (Å²) >= 11 is 5.85. The second-order valence-electron chi connectivity index (χ2n) is 6.39. The van der Waals surface area contributed by atoms with E-state index in [2.05, 4.69) is 10.5 Å². The third-order valence-corrected chi connectivity index (χ3v) is 6.58. The van der Waals surface area contributed by atoms with E-state index in [-0.39, 0.29) is 16.2 Å². The van der Waals surface area contributed by atoms with Gasteiger partial charge in [-0.15, -0.1) is 0 Å². The number of hydrogen-bond acceptors (Lipinski definition) is 5. The van der Waals surface area contributed by atoms with Crippen molar-refractivity contribution in [2.45, 2.75) is 24.2 Å². The summed E-state index contributed by atoms with van der Waals surface area (Å²) in [6, 6.07) is 10.2. The standard InChI is InChI=1S/C19H20ClN3O4S/c20-16-6-9-18(24)15(12-16)13-21-22-19(25)14-4-7-17(8-5-14)28(26,27)23-10-2-1-3-11-23/h4-9,12-13,24H,1-3,10-11H2,(H,22,25)/b21-13-. The molecule has 0 unspecified atom stereocenters. The van der Waals surface area contributed by atoms with Crippen molar-refractivity contribution in [1.82, 2.24) is 9.73 Å². The van der Waals surface area contributed by atoms with Gasteiger partial charge in [0.05, 0.1) is 11.1 Å². The number of carbonyl (C=O) groups excluding carboxylic acids is 1. The van der Waals surface area contributed by atoms with Crippen LogP contribution in [0.1, 0.15) is 35.2 Å². The molecule has 9 heteroatoms. The predicted molar refractivity (Wildman–Crippen MR) is 107 cm³/mol. The Bertz CT molecular complexity index is 985. The van der Waals surface area contributed by atoms with Gasteiger partial charge in [-0.1, -0.05) is 18.0 Å². The van der Waals surface area contributed by atoms with E-state index in [1.165, 1.54) is 53.0 Å². The molecule has 1 heterocycles. The molecule has 0 aromatic heterocycles.